The van der Waals surface area contributed by atoms with Crippen molar-refractivity contribution in [1.29, 1.82) is 0 Å². The van der Waals surface area contributed by atoms with Crippen LogP contribution in [0.5, 0.6) is 0 Å². The van der Waals surface area contributed by atoms with Crippen LogP contribution in [-0.4, -0.2) is 12.3 Å². The lowest BCUT2D eigenvalue weighted by Gasteiger charge is -2.19. The standard InChI is InChI=1S/C30H30P2.C2H6/c1-2-3-4-7-16-25-31(28-19-10-5-6-11-20-28)26-17-18-27-32(29-21-12-8-13-22-29)30-23-14-9-15-24-30;1-2/h2-3,5-16,19,21-25H,1,17-18,26-27H2;1-2H3/b25-16+;. The fourth-order valence-electron chi connectivity index (χ4n) is 3.40. The third-order valence-electron chi connectivity index (χ3n) is 4.95. The van der Waals surface area contributed by atoms with Gasteiger partial charge in [-0.05, 0) is 75.9 Å². The quantitative estimate of drug-likeness (QED) is 0.130. The molecule has 0 saturated heterocycles. The molecule has 0 saturated carbocycles. The minimum Gasteiger partial charge on any atom is -0.121 e. The molecule has 0 fully saturated rings. The fourth-order valence-corrected chi connectivity index (χ4v) is 7.75. The summed E-state index contributed by atoms with van der Waals surface area (Å²) < 4.78 is 0. The van der Waals surface area contributed by atoms with Gasteiger partial charge < -0.3 is 0 Å². The Kier molecular flexibility index (Phi) is 14.4. The van der Waals surface area contributed by atoms with Crippen LogP contribution in [0.2, 0.25) is 0 Å². The van der Waals surface area contributed by atoms with E-state index in [0.29, 0.717) is 0 Å². The molecule has 1 aliphatic rings. The molecule has 2 aromatic rings. The Labute approximate surface area is 209 Å². The predicted octanol–water partition coefficient (Wildman–Crippen LogP) is 8.98. The Morgan fingerprint density at radius 3 is 2.12 bits per heavy atom. The highest BCUT2D eigenvalue weighted by Gasteiger charge is 2.14. The number of rotatable bonds is 11. The van der Waals surface area contributed by atoms with Crippen molar-refractivity contribution in [3.05, 3.63) is 145 Å². The number of hydrogen-bond acceptors (Lipinski definition) is 0. The van der Waals surface area contributed by atoms with Crippen molar-refractivity contribution in [2.75, 3.05) is 12.3 Å². The molecular weight excluding hydrogens is 446 g/mol. The molecule has 0 aromatic heterocycles. The van der Waals surface area contributed by atoms with Crippen molar-refractivity contribution < 1.29 is 0 Å². The second-order valence-electron chi connectivity index (χ2n) is 7.24. The molecule has 2 aromatic carbocycles. The van der Waals surface area contributed by atoms with Gasteiger partial charge in [0, 0.05) is 5.31 Å². The number of benzene rings is 2. The Bertz CT molecular complexity index is 1020. The first kappa shape index (κ1) is 27.5. The molecule has 3 rings (SSSR count). The van der Waals surface area contributed by atoms with Gasteiger partial charge in [-0.1, -0.05) is 117 Å². The van der Waals surface area contributed by atoms with Crippen molar-refractivity contribution in [3.63, 3.8) is 0 Å². The van der Waals surface area contributed by atoms with Crippen LogP contribution in [0.4, 0.5) is 0 Å². The molecule has 0 aliphatic heterocycles. The van der Waals surface area contributed by atoms with Gasteiger partial charge in [0.1, 0.15) is 0 Å². The molecule has 34 heavy (non-hydrogen) atoms. The van der Waals surface area contributed by atoms with Crippen molar-refractivity contribution in [2.24, 2.45) is 0 Å². The summed E-state index contributed by atoms with van der Waals surface area (Å²) in [7, 11) is -0.704. The highest BCUT2D eigenvalue weighted by molar-refractivity contribution is 7.73. The lowest BCUT2D eigenvalue weighted by atomic mass is 10.4. The smallest absolute Gasteiger partial charge is 0.0213 e. The van der Waals surface area contributed by atoms with E-state index in [1.54, 1.807) is 6.08 Å². The summed E-state index contributed by atoms with van der Waals surface area (Å²) in [5.41, 5.74) is 6.59. The molecule has 174 valence electrons. The summed E-state index contributed by atoms with van der Waals surface area (Å²) in [5, 5.41) is 4.24. The molecule has 0 heterocycles. The third-order valence-corrected chi connectivity index (χ3v) is 9.79. The fraction of sp³-hybridized carbons (Fsp3) is 0.188. The van der Waals surface area contributed by atoms with Crippen LogP contribution < -0.4 is 10.6 Å². The van der Waals surface area contributed by atoms with Gasteiger partial charge in [-0.15, -0.1) is 11.5 Å². The SMILES string of the molecule is C=CC=C=C/C=C/P(CCCCP(c1ccccc1)c1ccccc1)C1=C=CC=CC=C1.CC. The van der Waals surface area contributed by atoms with Crippen LogP contribution in [0.15, 0.2) is 145 Å². The summed E-state index contributed by atoms with van der Waals surface area (Å²) in [6.45, 7) is 7.69. The maximum Gasteiger partial charge on any atom is 0.0213 e. The van der Waals surface area contributed by atoms with E-state index in [2.05, 4.69) is 109 Å². The highest BCUT2D eigenvalue weighted by atomic mass is 31.1. The van der Waals surface area contributed by atoms with Gasteiger partial charge in [0.15, 0.2) is 0 Å². The van der Waals surface area contributed by atoms with Gasteiger partial charge in [-0.2, -0.15) is 0 Å². The van der Waals surface area contributed by atoms with Crippen LogP contribution in [0.3, 0.4) is 0 Å². The molecule has 1 unspecified atom stereocenters. The zero-order valence-electron chi connectivity index (χ0n) is 20.5. The Morgan fingerprint density at radius 2 is 1.47 bits per heavy atom. The molecule has 1 aliphatic carbocycles. The van der Waals surface area contributed by atoms with E-state index in [-0.39, 0.29) is 7.92 Å². The Balaban J connectivity index is 0.00000199. The van der Waals surface area contributed by atoms with Gasteiger partial charge in [0.05, 0.1) is 0 Å². The first-order valence-corrected chi connectivity index (χ1v) is 15.2. The summed E-state index contributed by atoms with van der Waals surface area (Å²) in [6.07, 6.45) is 23.0. The summed E-state index contributed by atoms with van der Waals surface area (Å²) in [4.78, 5) is 0. The van der Waals surface area contributed by atoms with Crippen molar-refractivity contribution in [3.8, 4) is 0 Å². The van der Waals surface area contributed by atoms with Crippen LogP contribution in [0, 0.1) is 0 Å². The van der Waals surface area contributed by atoms with Gasteiger partial charge in [-0.25, -0.2) is 0 Å². The molecule has 0 nitrogen and oxygen atoms in total. The Hall–Kier alpha value is -2.70. The topological polar surface area (TPSA) is 0 Å². The maximum atomic E-state index is 3.69. The van der Waals surface area contributed by atoms with E-state index < -0.39 is 7.92 Å². The average Bonchev–Trinajstić information content (AvgIpc) is 3.19. The zero-order chi connectivity index (χ0) is 24.3. The van der Waals surface area contributed by atoms with E-state index in [1.807, 2.05) is 38.2 Å². The van der Waals surface area contributed by atoms with Gasteiger partial charge >= 0.3 is 0 Å². The normalized spacial score (nSPS) is 12.9. The van der Waals surface area contributed by atoms with Gasteiger partial charge in [-0.3, -0.25) is 0 Å². The van der Waals surface area contributed by atoms with Crippen LogP contribution in [-0.2, 0) is 0 Å². The number of hydrogen-bond donors (Lipinski definition) is 0. The second-order valence-corrected chi connectivity index (χ2v) is 11.7. The minimum absolute atomic E-state index is 0.312. The summed E-state index contributed by atoms with van der Waals surface area (Å²) in [5.74, 6) is 2.34. The van der Waals surface area contributed by atoms with E-state index in [9.17, 15) is 0 Å². The molecule has 2 heteroatoms. The lowest BCUT2D eigenvalue weighted by molar-refractivity contribution is 0.901. The number of unbranched alkanes of at least 4 members (excludes halogenated alkanes) is 1. The second kappa shape index (κ2) is 17.7. The molecule has 0 bridgehead atoms. The molecule has 0 N–H and O–H groups in total. The Morgan fingerprint density at radius 1 is 0.824 bits per heavy atom. The predicted molar refractivity (Wildman–Crippen MR) is 158 cm³/mol. The van der Waals surface area contributed by atoms with Crippen LogP contribution in [0.1, 0.15) is 26.7 Å². The molecule has 0 radical (unpaired) electrons. The van der Waals surface area contributed by atoms with Crippen molar-refractivity contribution in [2.45, 2.75) is 26.7 Å². The minimum atomic E-state index is -0.393. The molecule has 0 spiro atoms. The van der Waals surface area contributed by atoms with Crippen molar-refractivity contribution >= 4 is 26.5 Å². The zero-order valence-corrected chi connectivity index (χ0v) is 22.3. The maximum absolute atomic E-state index is 3.69. The van der Waals surface area contributed by atoms with Gasteiger partial charge in [0.2, 0.25) is 0 Å². The van der Waals surface area contributed by atoms with E-state index >= 15 is 0 Å². The lowest BCUT2D eigenvalue weighted by Crippen LogP contribution is -2.14. The summed E-state index contributed by atoms with van der Waals surface area (Å²) >= 11 is 0. The number of allylic oxidation sites excluding steroid dienone is 8. The van der Waals surface area contributed by atoms with Crippen LogP contribution in [0.25, 0.3) is 0 Å². The van der Waals surface area contributed by atoms with E-state index in [0.717, 1.165) is 0 Å². The largest absolute Gasteiger partial charge is 0.121 e. The van der Waals surface area contributed by atoms with E-state index in [1.165, 1.54) is 41.1 Å². The third kappa shape index (κ3) is 10.1. The van der Waals surface area contributed by atoms with Crippen LogP contribution >= 0.6 is 15.8 Å². The van der Waals surface area contributed by atoms with E-state index in [4.69, 9.17) is 0 Å². The average molecular weight is 483 g/mol. The van der Waals surface area contributed by atoms with Gasteiger partial charge in [0.25, 0.3) is 0 Å². The first-order chi connectivity index (χ1) is 16.9. The molecule has 1 atom stereocenters. The highest BCUT2D eigenvalue weighted by Crippen LogP contribution is 2.48. The molecule has 0 amide bonds. The van der Waals surface area contributed by atoms with Crippen molar-refractivity contribution in [1.82, 2.24) is 0 Å². The summed E-state index contributed by atoms with van der Waals surface area (Å²) in [6, 6.07) is 22.0. The first-order valence-electron chi connectivity index (χ1n) is 12.0. The monoisotopic (exact) mass is 482 g/mol. The molecular formula is C32H36P2.